The van der Waals surface area contributed by atoms with E-state index in [1.54, 1.807) is 20.4 Å². The number of methoxy groups -OCH3 is 2. The molecule has 0 aliphatic rings. The lowest BCUT2D eigenvalue weighted by molar-refractivity contribution is 0.354. The Kier molecular flexibility index (Phi) is 7.07. The van der Waals surface area contributed by atoms with Gasteiger partial charge in [0.1, 0.15) is 0 Å². The molecule has 0 fully saturated rings. The zero-order valence-corrected chi connectivity index (χ0v) is 14.5. The second-order valence-electron chi connectivity index (χ2n) is 5.31. The summed E-state index contributed by atoms with van der Waals surface area (Å²) in [6.07, 6.45) is 4.67. The van der Waals surface area contributed by atoms with Crippen LogP contribution in [-0.2, 0) is 6.42 Å². The number of anilines is 2. The highest BCUT2D eigenvalue weighted by molar-refractivity contribution is 5.43. The average molecular weight is 331 g/mol. The number of aromatic nitrogens is 3. The van der Waals surface area contributed by atoms with Crippen LogP contribution in [0.3, 0.4) is 0 Å². The normalized spacial score (nSPS) is 10.3. The molecule has 0 aliphatic heterocycles. The van der Waals surface area contributed by atoms with E-state index in [4.69, 9.17) is 9.47 Å². The third kappa shape index (κ3) is 5.26. The van der Waals surface area contributed by atoms with E-state index >= 15 is 0 Å². The molecule has 130 valence electrons. The fourth-order valence-electron chi connectivity index (χ4n) is 2.21. The van der Waals surface area contributed by atoms with Gasteiger partial charge in [-0.15, -0.1) is 5.10 Å². The SMILES string of the molecule is CCCCNc1nncc(NCCc2ccc(OC)c(OC)c2)n1. The molecular formula is C17H25N5O2. The van der Waals surface area contributed by atoms with Crippen LogP contribution in [0.2, 0.25) is 0 Å². The summed E-state index contributed by atoms with van der Waals surface area (Å²) in [5, 5.41) is 14.4. The van der Waals surface area contributed by atoms with Gasteiger partial charge in [-0.3, -0.25) is 0 Å². The maximum absolute atomic E-state index is 5.32. The van der Waals surface area contributed by atoms with E-state index in [1.807, 2.05) is 18.2 Å². The summed E-state index contributed by atoms with van der Waals surface area (Å²) in [6.45, 7) is 3.74. The predicted octanol–water partition coefficient (Wildman–Crippen LogP) is 2.76. The first-order valence-corrected chi connectivity index (χ1v) is 8.15. The molecule has 0 unspecified atom stereocenters. The van der Waals surface area contributed by atoms with Crippen LogP contribution in [0, 0.1) is 0 Å². The molecule has 0 aliphatic carbocycles. The highest BCUT2D eigenvalue weighted by atomic mass is 16.5. The summed E-state index contributed by atoms with van der Waals surface area (Å²) < 4.78 is 10.6. The maximum Gasteiger partial charge on any atom is 0.244 e. The summed E-state index contributed by atoms with van der Waals surface area (Å²) in [4.78, 5) is 4.40. The summed E-state index contributed by atoms with van der Waals surface area (Å²) in [5.74, 6) is 2.74. The predicted molar refractivity (Wildman–Crippen MR) is 95.0 cm³/mol. The number of nitrogens with zero attached hydrogens (tertiary/aromatic N) is 3. The lowest BCUT2D eigenvalue weighted by Crippen LogP contribution is -2.10. The van der Waals surface area contributed by atoms with Gasteiger partial charge in [0.15, 0.2) is 17.3 Å². The van der Waals surface area contributed by atoms with Gasteiger partial charge in [0.05, 0.1) is 20.4 Å². The zero-order valence-electron chi connectivity index (χ0n) is 14.5. The van der Waals surface area contributed by atoms with E-state index in [-0.39, 0.29) is 0 Å². The summed E-state index contributed by atoms with van der Waals surface area (Å²) in [6, 6.07) is 5.92. The molecule has 0 bridgehead atoms. The van der Waals surface area contributed by atoms with E-state index in [2.05, 4.69) is 32.7 Å². The highest BCUT2D eigenvalue weighted by Gasteiger charge is 2.05. The van der Waals surface area contributed by atoms with Crippen molar-refractivity contribution in [3.8, 4) is 11.5 Å². The molecule has 0 spiro atoms. The lowest BCUT2D eigenvalue weighted by Gasteiger charge is -2.10. The Morgan fingerprint density at radius 2 is 1.88 bits per heavy atom. The molecule has 2 N–H and O–H groups in total. The smallest absolute Gasteiger partial charge is 0.244 e. The number of unbranched alkanes of at least 4 members (excludes halogenated alkanes) is 1. The quantitative estimate of drug-likeness (QED) is 0.648. The van der Waals surface area contributed by atoms with Gasteiger partial charge in [-0.2, -0.15) is 10.1 Å². The van der Waals surface area contributed by atoms with Crippen LogP contribution >= 0.6 is 0 Å². The number of benzene rings is 1. The van der Waals surface area contributed by atoms with Gasteiger partial charge in [-0.1, -0.05) is 19.4 Å². The molecule has 0 radical (unpaired) electrons. The minimum Gasteiger partial charge on any atom is -0.493 e. The van der Waals surface area contributed by atoms with Crippen molar-refractivity contribution in [2.75, 3.05) is 37.9 Å². The van der Waals surface area contributed by atoms with E-state index in [0.29, 0.717) is 11.8 Å². The third-order valence-electron chi connectivity index (χ3n) is 3.54. The zero-order chi connectivity index (χ0) is 17.2. The van der Waals surface area contributed by atoms with E-state index in [9.17, 15) is 0 Å². The number of ether oxygens (including phenoxy) is 2. The van der Waals surface area contributed by atoms with Crippen LogP contribution in [0.1, 0.15) is 25.3 Å². The van der Waals surface area contributed by atoms with Gasteiger partial charge in [0, 0.05) is 13.1 Å². The molecule has 0 atom stereocenters. The van der Waals surface area contributed by atoms with E-state index in [1.165, 1.54) is 0 Å². The highest BCUT2D eigenvalue weighted by Crippen LogP contribution is 2.27. The molecular weight excluding hydrogens is 306 g/mol. The monoisotopic (exact) mass is 331 g/mol. The molecule has 2 rings (SSSR count). The van der Waals surface area contributed by atoms with E-state index < -0.39 is 0 Å². The van der Waals surface area contributed by atoms with Crippen molar-refractivity contribution in [1.82, 2.24) is 15.2 Å². The van der Waals surface area contributed by atoms with Gasteiger partial charge in [-0.05, 0) is 30.5 Å². The maximum atomic E-state index is 5.32. The van der Waals surface area contributed by atoms with Crippen molar-refractivity contribution >= 4 is 11.8 Å². The van der Waals surface area contributed by atoms with Crippen molar-refractivity contribution in [3.63, 3.8) is 0 Å². The molecule has 1 heterocycles. The van der Waals surface area contributed by atoms with Crippen LogP contribution in [0.25, 0.3) is 0 Å². The Morgan fingerprint density at radius 3 is 2.62 bits per heavy atom. The second-order valence-corrected chi connectivity index (χ2v) is 5.31. The summed E-state index contributed by atoms with van der Waals surface area (Å²) in [5.41, 5.74) is 1.16. The fourth-order valence-corrected chi connectivity index (χ4v) is 2.21. The minimum absolute atomic E-state index is 0.555. The van der Waals surface area contributed by atoms with E-state index in [0.717, 1.165) is 49.4 Å². The minimum atomic E-state index is 0.555. The largest absolute Gasteiger partial charge is 0.493 e. The Balaban J connectivity index is 1.86. The molecule has 2 aromatic rings. The van der Waals surface area contributed by atoms with Crippen LogP contribution in [-0.4, -0.2) is 42.5 Å². The number of hydrogen-bond donors (Lipinski definition) is 2. The van der Waals surface area contributed by atoms with Crippen molar-refractivity contribution in [1.29, 1.82) is 0 Å². The number of hydrogen-bond acceptors (Lipinski definition) is 7. The summed E-state index contributed by atoms with van der Waals surface area (Å²) in [7, 11) is 3.27. The fraction of sp³-hybridized carbons (Fsp3) is 0.471. The molecule has 0 amide bonds. The van der Waals surface area contributed by atoms with Gasteiger partial charge in [0.25, 0.3) is 0 Å². The molecule has 0 saturated carbocycles. The number of nitrogens with one attached hydrogen (secondary N) is 2. The topological polar surface area (TPSA) is 81.2 Å². The van der Waals surface area contributed by atoms with Gasteiger partial charge >= 0.3 is 0 Å². The van der Waals surface area contributed by atoms with Crippen molar-refractivity contribution in [3.05, 3.63) is 30.0 Å². The Bertz CT molecular complexity index is 636. The first-order valence-electron chi connectivity index (χ1n) is 8.15. The summed E-state index contributed by atoms with van der Waals surface area (Å²) >= 11 is 0. The molecule has 7 nitrogen and oxygen atoms in total. The molecule has 7 heteroatoms. The van der Waals surface area contributed by atoms with Crippen molar-refractivity contribution in [2.45, 2.75) is 26.2 Å². The van der Waals surface area contributed by atoms with Gasteiger partial charge in [0.2, 0.25) is 5.95 Å². The van der Waals surface area contributed by atoms with Gasteiger partial charge in [-0.25, -0.2) is 0 Å². The third-order valence-corrected chi connectivity index (χ3v) is 3.54. The van der Waals surface area contributed by atoms with Crippen LogP contribution < -0.4 is 20.1 Å². The van der Waals surface area contributed by atoms with Crippen molar-refractivity contribution in [2.24, 2.45) is 0 Å². The molecule has 24 heavy (non-hydrogen) atoms. The average Bonchev–Trinajstić information content (AvgIpc) is 2.62. The lowest BCUT2D eigenvalue weighted by atomic mass is 10.1. The van der Waals surface area contributed by atoms with Gasteiger partial charge < -0.3 is 20.1 Å². The molecule has 1 aromatic carbocycles. The van der Waals surface area contributed by atoms with Crippen molar-refractivity contribution < 1.29 is 9.47 Å². The Labute approximate surface area is 142 Å². The van der Waals surface area contributed by atoms with Crippen LogP contribution in [0.4, 0.5) is 11.8 Å². The molecule has 0 saturated heterocycles. The standard InChI is InChI=1S/C17H25N5O2/c1-4-5-9-19-17-21-16(12-20-22-17)18-10-8-13-6-7-14(23-2)15(11-13)24-3/h6-7,11-12H,4-5,8-10H2,1-3H3,(H2,18,19,21,22). The Hall–Kier alpha value is -2.57. The number of rotatable bonds is 10. The first kappa shape index (κ1) is 17.8. The second kappa shape index (κ2) is 9.54. The first-order chi connectivity index (χ1) is 11.8. The van der Waals surface area contributed by atoms with Crippen LogP contribution in [0.5, 0.6) is 11.5 Å². The Morgan fingerprint density at radius 1 is 1.04 bits per heavy atom. The molecule has 1 aromatic heterocycles. The van der Waals surface area contributed by atoms with Crippen LogP contribution in [0.15, 0.2) is 24.4 Å².